The van der Waals surface area contributed by atoms with E-state index in [1.54, 1.807) is 0 Å². The van der Waals surface area contributed by atoms with Gasteiger partial charge in [0, 0.05) is 12.0 Å². The third-order valence-corrected chi connectivity index (χ3v) is 1.76. The van der Waals surface area contributed by atoms with Gasteiger partial charge in [-0.1, -0.05) is 37.3 Å². The molecule has 0 aliphatic rings. The van der Waals surface area contributed by atoms with Crippen LogP contribution in [0.15, 0.2) is 30.3 Å². The molecule has 0 saturated carbocycles. The van der Waals surface area contributed by atoms with Gasteiger partial charge in [0.1, 0.15) is 6.04 Å². The van der Waals surface area contributed by atoms with E-state index in [2.05, 4.69) is 36.9 Å². The molecule has 0 heterocycles. The second-order valence-corrected chi connectivity index (χ2v) is 2.52. The van der Waals surface area contributed by atoms with Crippen LogP contribution in [0.4, 0.5) is 0 Å². The Bertz CT molecular complexity index is 186. The average Bonchev–Trinajstić information content (AvgIpc) is 2.05. The van der Waals surface area contributed by atoms with Gasteiger partial charge in [-0.25, -0.2) is 0 Å². The first kappa shape index (κ1) is 10.7. The molecule has 1 rings (SSSR count). The summed E-state index contributed by atoms with van der Waals surface area (Å²) in [6.45, 7) is 2.16. The Labute approximate surface area is 78.4 Å². The average molecular weight is 216 g/mol. The first-order valence-electron chi connectivity index (χ1n) is 3.72. The summed E-state index contributed by atoms with van der Waals surface area (Å²) < 4.78 is 0. The molecule has 1 atom stereocenters. The molecular weight excluding hydrogens is 202 g/mol. The lowest BCUT2D eigenvalue weighted by Gasteiger charge is -2.03. The molecule has 0 aliphatic carbocycles. The lowest BCUT2D eigenvalue weighted by molar-refractivity contribution is -0.427. The number of rotatable bonds is 2. The second-order valence-electron chi connectivity index (χ2n) is 2.52. The van der Waals surface area contributed by atoms with Crippen LogP contribution < -0.4 is 22.7 Å². The topological polar surface area (TPSA) is 27.6 Å². The van der Waals surface area contributed by atoms with E-state index >= 15 is 0 Å². The molecule has 0 bridgehead atoms. The van der Waals surface area contributed by atoms with Crippen molar-refractivity contribution in [2.45, 2.75) is 19.4 Å². The highest BCUT2D eigenvalue weighted by Gasteiger charge is 2.03. The number of halogens is 1. The Kier molecular flexibility index (Phi) is 5.16. The van der Waals surface area contributed by atoms with Crippen LogP contribution in [-0.2, 0) is 0 Å². The Morgan fingerprint density at radius 3 is 2.27 bits per heavy atom. The Morgan fingerprint density at radius 1 is 1.27 bits per heavy atom. The van der Waals surface area contributed by atoms with Gasteiger partial charge < -0.3 is 22.7 Å². The molecule has 1 aromatic rings. The minimum Gasteiger partial charge on any atom is -1.00 e. The van der Waals surface area contributed by atoms with Crippen molar-refractivity contribution in [3.63, 3.8) is 0 Å². The summed E-state index contributed by atoms with van der Waals surface area (Å²) in [6.07, 6.45) is 1.12. The van der Waals surface area contributed by atoms with Crippen LogP contribution in [0.3, 0.4) is 0 Å². The van der Waals surface area contributed by atoms with E-state index in [1.165, 1.54) is 5.56 Å². The zero-order valence-electron chi connectivity index (χ0n) is 6.76. The highest BCUT2D eigenvalue weighted by Crippen LogP contribution is 2.09. The molecule has 2 heteroatoms. The standard InChI is InChI=1S/C9H13N.BrH/c1-2-9(10)8-6-4-3-5-7-8;/h3-7,9H,2,10H2,1H3;1H. The van der Waals surface area contributed by atoms with Crippen molar-refractivity contribution in [1.29, 1.82) is 0 Å². The predicted octanol–water partition coefficient (Wildman–Crippen LogP) is -1.62. The number of quaternary nitrogens is 1. The second kappa shape index (κ2) is 5.33. The fourth-order valence-electron chi connectivity index (χ4n) is 0.961. The predicted molar refractivity (Wildman–Crippen MR) is 42.4 cm³/mol. The van der Waals surface area contributed by atoms with Crippen molar-refractivity contribution in [3.8, 4) is 0 Å². The van der Waals surface area contributed by atoms with Crippen LogP contribution in [0.1, 0.15) is 24.9 Å². The smallest absolute Gasteiger partial charge is 0.110 e. The number of hydrogen-bond acceptors (Lipinski definition) is 0. The molecule has 0 aliphatic heterocycles. The van der Waals surface area contributed by atoms with E-state index < -0.39 is 0 Å². The van der Waals surface area contributed by atoms with Gasteiger partial charge in [-0.3, -0.25) is 0 Å². The SMILES string of the molecule is CCC([NH3+])c1ccccc1.[Br-]. The summed E-state index contributed by atoms with van der Waals surface area (Å²) in [5.41, 5.74) is 5.36. The molecule has 1 nitrogen and oxygen atoms in total. The molecule has 0 aromatic heterocycles. The highest BCUT2D eigenvalue weighted by atomic mass is 79.9. The third-order valence-electron chi connectivity index (χ3n) is 1.76. The Hall–Kier alpha value is -0.340. The van der Waals surface area contributed by atoms with Gasteiger partial charge in [-0.2, -0.15) is 0 Å². The maximum Gasteiger partial charge on any atom is 0.110 e. The van der Waals surface area contributed by atoms with Gasteiger partial charge in [0.2, 0.25) is 0 Å². The van der Waals surface area contributed by atoms with Crippen LogP contribution in [-0.4, -0.2) is 0 Å². The van der Waals surface area contributed by atoms with E-state index in [1.807, 2.05) is 6.07 Å². The number of benzene rings is 1. The molecule has 0 amide bonds. The quantitative estimate of drug-likeness (QED) is 0.615. The maximum absolute atomic E-state index is 4.03. The number of hydrogen-bond donors (Lipinski definition) is 1. The van der Waals surface area contributed by atoms with E-state index in [9.17, 15) is 0 Å². The minimum absolute atomic E-state index is 0. The molecule has 62 valence electrons. The van der Waals surface area contributed by atoms with Gasteiger partial charge in [0.15, 0.2) is 0 Å². The monoisotopic (exact) mass is 215 g/mol. The summed E-state index contributed by atoms with van der Waals surface area (Å²) in [4.78, 5) is 0. The molecule has 0 spiro atoms. The van der Waals surface area contributed by atoms with Crippen molar-refractivity contribution in [2.75, 3.05) is 0 Å². The van der Waals surface area contributed by atoms with Gasteiger partial charge in [0.25, 0.3) is 0 Å². The van der Waals surface area contributed by atoms with Crippen LogP contribution in [0.5, 0.6) is 0 Å². The summed E-state index contributed by atoms with van der Waals surface area (Å²) in [5, 5.41) is 0. The van der Waals surface area contributed by atoms with Gasteiger partial charge >= 0.3 is 0 Å². The van der Waals surface area contributed by atoms with Crippen LogP contribution in [0.25, 0.3) is 0 Å². The highest BCUT2D eigenvalue weighted by molar-refractivity contribution is 5.16. The van der Waals surface area contributed by atoms with Crippen molar-refractivity contribution in [2.24, 2.45) is 0 Å². The maximum atomic E-state index is 4.03. The zero-order valence-corrected chi connectivity index (χ0v) is 8.34. The van der Waals surface area contributed by atoms with Crippen LogP contribution >= 0.6 is 0 Å². The van der Waals surface area contributed by atoms with E-state index in [0.29, 0.717) is 6.04 Å². The fraction of sp³-hybridized carbons (Fsp3) is 0.333. The van der Waals surface area contributed by atoms with Crippen molar-refractivity contribution in [1.82, 2.24) is 0 Å². The van der Waals surface area contributed by atoms with Gasteiger partial charge in [-0.15, -0.1) is 0 Å². The summed E-state index contributed by atoms with van der Waals surface area (Å²) >= 11 is 0. The summed E-state index contributed by atoms with van der Waals surface area (Å²) in [6, 6.07) is 10.9. The molecule has 1 unspecified atom stereocenters. The summed E-state index contributed by atoms with van der Waals surface area (Å²) in [5.74, 6) is 0. The molecule has 0 fully saturated rings. The molecular formula is C9H14BrN. The van der Waals surface area contributed by atoms with E-state index in [4.69, 9.17) is 0 Å². The first-order valence-corrected chi connectivity index (χ1v) is 3.72. The normalized spacial score (nSPS) is 11.8. The van der Waals surface area contributed by atoms with Crippen molar-refractivity contribution < 1.29 is 22.7 Å². The van der Waals surface area contributed by atoms with Gasteiger partial charge in [0.05, 0.1) is 0 Å². The fourth-order valence-corrected chi connectivity index (χ4v) is 0.961. The van der Waals surface area contributed by atoms with E-state index in [0.717, 1.165) is 6.42 Å². The van der Waals surface area contributed by atoms with E-state index in [-0.39, 0.29) is 17.0 Å². The summed E-state index contributed by atoms with van der Waals surface area (Å²) in [7, 11) is 0. The molecule has 11 heavy (non-hydrogen) atoms. The van der Waals surface area contributed by atoms with Gasteiger partial charge in [-0.05, 0) is 0 Å². The van der Waals surface area contributed by atoms with Crippen molar-refractivity contribution in [3.05, 3.63) is 35.9 Å². The minimum atomic E-state index is 0. The third kappa shape index (κ3) is 3.04. The lowest BCUT2D eigenvalue weighted by atomic mass is 10.1. The molecule has 0 radical (unpaired) electrons. The molecule has 0 saturated heterocycles. The van der Waals surface area contributed by atoms with Crippen molar-refractivity contribution >= 4 is 0 Å². The molecule has 1 aromatic carbocycles. The Morgan fingerprint density at radius 2 is 1.82 bits per heavy atom. The lowest BCUT2D eigenvalue weighted by Crippen LogP contribution is -3.00. The van der Waals surface area contributed by atoms with Crippen LogP contribution in [0.2, 0.25) is 0 Å². The Balaban J connectivity index is 0.000001000. The zero-order chi connectivity index (χ0) is 7.40. The molecule has 3 N–H and O–H groups in total. The van der Waals surface area contributed by atoms with Crippen LogP contribution in [0, 0.1) is 0 Å². The first-order chi connectivity index (χ1) is 4.84. The largest absolute Gasteiger partial charge is 1.00 e.